The Morgan fingerprint density at radius 1 is 0.536 bits per heavy atom. The molecule has 1 aliphatic carbocycles. The summed E-state index contributed by atoms with van der Waals surface area (Å²) in [6, 6.07) is 12.2. The van der Waals surface area contributed by atoms with Gasteiger partial charge in [-0.3, -0.25) is 4.79 Å². The Kier molecular flexibility index (Phi) is 19.7. The molecule has 3 aromatic rings. The van der Waals surface area contributed by atoms with Crippen LogP contribution in [0.1, 0.15) is 11.1 Å². The number of phenols is 3. The number of rotatable bonds is 20. The van der Waals surface area contributed by atoms with Gasteiger partial charge >= 0.3 is 11.9 Å². The van der Waals surface area contributed by atoms with Gasteiger partial charge in [-0.15, -0.1) is 0 Å². The van der Waals surface area contributed by atoms with Gasteiger partial charge in [0.05, 0.1) is 46.7 Å². The molecule has 3 saturated heterocycles. The van der Waals surface area contributed by atoms with Crippen molar-refractivity contribution >= 4 is 24.1 Å². The lowest BCUT2D eigenvalue weighted by Gasteiger charge is -2.40. The van der Waals surface area contributed by atoms with E-state index in [1.807, 2.05) is 0 Å². The Labute approximate surface area is 474 Å². The number of methoxy groups -OCH3 is 4. The molecular weight excluding hydrogens is 1120 g/mol. The molecule has 0 saturated carbocycles. The highest BCUT2D eigenvalue weighted by molar-refractivity contribution is 5.88. The maximum Gasteiger partial charge on any atom is 0.510 e. The Balaban J connectivity index is 1.04. The standard InChI is InChI=1S/C55H60O29/c1-72-31-11-22(12-32(73-2)41(31)61)5-9-39(59)76-20-37-44(64)47(67)49(69)53(83-37)78-25-16-28(58)26-18-35(81-55-50(70)46(66)43(63)36(19-56)82-55)52(79-29(26)17-25)24-7-8-27(57)30(15-24)80-54-51(71)48(68)45(65)38(84-54)21-77-40(60)10-6-23-13-33(74-3)42(62)34(14-23)75-4/h5-18,36-38,43-51,53-57,61-71H,19-21H2,1-4H3/p+1. The van der Waals surface area contributed by atoms with Gasteiger partial charge in [0.15, 0.2) is 57.5 Å². The van der Waals surface area contributed by atoms with E-state index >= 15 is 0 Å². The summed E-state index contributed by atoms with van der Waals surface area (Å²) >= 11 is 0. The molecule has 4 aliphatic heterocycles. The molecule has 0 spiro atoms. The highest BCUT2D eigenvalue weighted by Crippen LogP contribution is 2.44. The van der Waals surface area contributed by atoms with Gasteiger partial charge in [-0.25, -0.2) is 4.79 Å². The molecule has 3 fully saturated rings. The molecule has 0 aromatic heterocycles. The fourth-order valence-electron chi connectivity index (χ4n) is 8.90. The van der Waals surface area contributed by atoms with Crippen LogP contribution in [0.4, 0.5) is 0 Å². The van der Waals surface area contributed by atoms with E-state index in [0.29, 0.717) is 11.1 Å². The monoisotopic (exact) mass is 1190 g/mol. The molecule has 15 atom stereocenters. The van der Waals surface area contributed by atoms with Crippen molar-refractivity contribution in [1.29, 1.82) is 0 Å². The molecule has 14 N–H and O–H groups in total. The second-order valence-corrected chi connectivity index (χ2v) is 19.0. The largest absolute Gasteiger partial charge is 0.510 e. The Bertz CT molecular complexity index is 3160. The Morgan fingerprint density at radius 3 is 1.51 bits per heavy atom. The van der Waals surface area contributed by atoms with Gasteiger partial charge in [-0.2, -0.15) is 0 Å². The van der Waals surface area contributed by atoms with Crippen LogP contribution < -0.4 is 38.6 Å². The van der Waals surface area contributed by atoms with Crippen LogP contribution in [0.3, 0.4) is 0 Å². The number of aromatic hydroxyl groups is 3. The van der Waals surface area contributed by atoms with Gasteiger partial charge in [-0.05, 0) is 71.8 Å². The van der Waals surface area contributed by atoms with E-state index in [4.69, 9.17) is 61.3 Å². The van der Waals surface area contributed by atoms with Gasteiger partial charge in [0.2, 0.25) is 37.0 Å². The minimum Gasteiger partial charge on any atom is -0.504 e. The average molecular weight is 1190 g/mol. The Hall–Kier alpha value is -8.01. The van der Waals surface area contributed by atoms with Crippen molar-refractivity contribution in [3.05, 3.63) is 94.2 Å². The Morgan fingerprint density at radius 2 is 1.00 bits per heavy atom. The van der Waals surface area contributed by atoms with Crippen molar-refractivity contribution in [2.45, 2.75) is 92.1 Å². The summed E-state index contributed by atoms with van der Waals surface area (Å²) in [5.41, 5.74) is -0.460. The van der Waals surface area contributed by atoms with Gasteiger partial charge < -0.3 is 132 Å². The van der Waals surface area contributed by atoms with E-state index in [9.17, 15) is 80.8 Å². The number of esters is 2. The maximum atomic E-state index is 13.9. The lowest BCUT2D eigenvalue weighted by atomic mass is 9.99. The van der Waals surface area contributed by atoms with Gasteiger partial charge in [0, 0.05) is 23.8 Å². The van der Waals surface area contributed by atoms with Crippen molar-refractivity contribution in [3.63, 3.8) is 0 Å². The van der Waals surface area contributed by atoms with E-state index in [-0.39, 0.29) is 62.9 Å². The molecule has 3 aromatic carbocycles. The quantitative estimate of drug-likeness (QED) is 0.0242. The third kappa shape index (κ3) is 13.5. The molecule has 84 heavy (non-hydrogen) atoms. The van der Waals surface area contributed by atoms with Gasteiger partial charge in [0.25, 0.3) is 0 Å². The first kappa shape index (κ1) is 62.0. The van der Waals surface area contributed by atoms with Gasteiger partial charge in [-0.1, -0.05) is 0 Å². The molecule has 0 radical (unpaired) electrons. The normalized spacial score (nSPS) is 28.0. The van der Waals surface area contributed by atoms with E-state index < -0.39 is 147 Å². The van der Waals surface area contributed by atoms with Crippen LogP contribution in [-0.4, -0.2) is 223 Å². The number of benzene rings is 4. The fraction of sp³-hybridized carbons (Fsp3) is 0.400. The van der Waals surface area contributed by atoms with Crippen LogP contribution in [0.25, 0.3) is 34.8 Å². The highest BCUT2D eigenvalue weighted by Gasteiger charge is 2.49. The van der Waals surface area contributed by atoms with E-state index in [1.165, 1.54) is 70.9 Å². The average Bonchev–Trinajstić information content (AvgIpc) is 2.20. The fourth-order valence-corrected chi connectivity index (χ4v) is 8.90. The predicted octanol–water partition coefficient (Wildman–Crippen LogP) is -1.40. The summed E-state index contributed by atoms with van der Waals surface area (Å²) in [6.07, 6.45) is -22.6. The summed E-state index contributed by atoms with van der Waals surface area (Å²) in [6.45, 7) is -2.20. The number of aliphatic hydroxyl groups excluding tert-OH is 10. The lowest BCUT2D eigenvalue weighted by Crippen LogP contribution is -2.60. The number of carbonyl (C=O) groups is 1. The van der Waals surface area contributed by atoms with Crippen LogP contribution >= 0.6 is 0 Å². The van der Waals surface area contributed by atoms with Crippen LogP contribution in [0, 0.1) is 0 Å². The van der Waals surface area contributed by atoms with Crippen molar-refractivity contribution in [1.82, 2.24) is 0 Å². The molecule has 4 heterocycles. The third-order valence-electron chi connectivity index (χ3n) is 13.6. The van der Waals surface area contributed by atoms with Crippen molar-refractivity contribution in [3.8, 4) is 80.1 Å². The molecule has 5 aliphatic rings. The zero-order valence-electron chi connectivity index (χ0n) is 44.7. The summed E-state index contributed by atoms with van der Waals surface area (Å²) in [5.74, 6) is -4.57. The molecular formula is C55H61O29+. The summed E-state index contributed by atoms with van der Waals surface area (Å²) in [5, 5.41) is 139. The molecule has 454 valence electrons. The first-order valence-electron chi connectivity index (χ1n) is 25.3. The van der Waals surface area contributed by atoms with Gasteiger partial charge in [0.1, 0.15) is 85.3 Å². The number of hydrogen-bond acceptors (Lipinski definition) is 28. The topological polar surface area (TPSA) is 442 Å². The molecule has 0 bridgehead atoms. The summed E-state index contributed by atoms with van der Waals surface area (Å²) < 4.78 is 72.1. The second-order valence-electron chi connectivity index (χ2n) is 19.0. The number of ether oxygens (including phenoxy) is 12. The van der Waals surface area contributed by atoms with Crippen LogP contribution in [0.5, 0.6) is 57.5 Å². The van der Waals surface area contributed by atoms with Crippen LogP contribution in [0.2, 0.25) is 0 Å². The minimum atomic E-state index is -2.02. The number of phenolic OH excluding ortho intramolecular Hbond substituents is 3. The SMILES string of the molecule is COc1cc(C=CC(=O)OCC2OC(Oc3cc(-c4oc5cc(OC6OC(COC(=[OH+])C=Cc7cc(OC)c(O)c(OC)c7)C(O)C(O)C6O)cc(=O)c-5cc4OC4OC(CO)C(O)C(O)C4O)ccc3O)C(O)C(O)C2O)cc(OC)c1O. The molecule has 29 nitrogen and oxygen atoms in total. The van der Waals surface area contributed by atoms with Crippen LogP contribution in [-0.2, 0) is 28.5 Å². The van der Waals surface area contributed by atoms with Crippen molar-refractivity contribution < 1.29 is 137 Å². The zero-order valence-corrected chi connectivity index (χ0v) is 44.7. The molecule has 29 heteroatoms. The molecule has 8 rings (SSSR count). The number of aliphatic hydroxyl groups is 10. The highest BCUT2D eigenvalue weighted by atomic mass is 16.7. The molecule has 0 amide bonds. The van der Waals surface area contributed by atoms with E-state index in [1.54, 1.807) is 0 Å². The van der Waals surface area contributed by atoms with Crippen molar-refractivity contribution in [2.24, 2.45) is 0 Å². The van der Waals surface area contributed by atoms with E-state index in [0.717, 1.165) is 42.5 Å². The number of fused-ring (bicyclic) bond motifs is 1. The first-order valence-corrected chi connectivity index (χ1v) is 25.3. The lowest BCUT2D eigenvalue weighted by molar-refractivity contribution is -0.278. The second kappa shape index (κ2) is 26.7. The smallest absolute Gasteiger partial charge is 0.504 e. The van der Waals surface area contributed by atoms with Crippen LogP contribution in [0.15, 0.2) is 82.0 Å². The predicted molar refractivity (Wildman–Crippen MR) is 282 cm³/mol. The number of hydrogen-bond donors (Lipinski definition) is 13. The number of carbonyl (C=O) groups excluding carboxylic acids is 2. The molecule has 15 unspecified atom stereocenters. The zero-order chi connectivity index (χ0) is 60.8. The summed E-state index contributed by atoms with van der Waals surface area (Å²) in [7, 11) is 5.26. The van der Waals surface area contributed by atoms with Crippen molar-refractivity contribution in [2.75, 3.05) is 48.3 Å². The first-order chi connectivity index (χ1) is 40.1. The maximum absolute atomic E-state index is 13.9. The minimum absolute atomic E-state index is 0.0439. The third-order valence-corrected chi connectivity index (χ3v) is 13.6. The van der Waals surface area contributed by atoms with E-state index in [2.05, 4.69) is 0 Å². The summed E-state index contributed by atoms with van der Waals surface area (Å²) in [4.78, 5) is 37.2.